The van der Waals surface area contributed by atoms with E-state index in [1.807, 2.05) is 29.2 Å². The molecule has 1 unspecified atom stereocenters. The molecule has 6 nitrogen and oxygen atoms in total. The molecule has 3 heterocycles. The van der Waals surface area contributed by atoms with Crippen molar-refractivity contribution in [2.45, 2.75) is 20.0 Å². The fourth-order valence-electron chi connectivity index (χ4n) is 3.85. The minimum atomic E-state index is -0.579. The Hall–Kier alpha value is -2.80. The van der Waals surface area contributed by atoms with Crippen molar-refractivity contribution in [3.63, 3.8) is 0 Å². The lowest BCUT2D eigenvalue weighted by molar-refractivity contribution is -0.141. The summed E-state index contributed by atoms with van der Waals surface area (Å²) in [6.07, 6.45) is -0.579. The summed E-state index contributed by atoms with van der Waals surface area (Å²) in [5, 5.41) is 1.04. The summed E-state index contributed by atoms with van der Waals surface area (Å²) in [6.45, 7) is 7.35. The van der Waals surface area contributed by atoms with Crippen LogP contribution in [0.2, 0.25) is 0 Å². The highest BCUT2D eigenvalue weighted by Gasteiger charge is 2.33. The number of aromatic nitrogens is 1. The van der Waals surface area contributed by atoms with Gasteiger partial charge in [-0.15, -0.1) is 0 Å². The molecule has 0 saturated carbocycles. The third-order valence-corrected chi connectivity index (χ3v) is 6.83. The van der Waals surface area contributed by atoms with Crippen molar-refractivity contribution in [2.24, 2.45) is 0 Å². The molecule has 0 spiro atoms. The molecular weight excluding hydrogens is 386 g/mol. The molecule has 2 aliphatic rings. The van der Waals surface area contributed by atoms with Crippen molar-refractivity contribution >= 4 is 32.6 Å². The molecular formula is C22H23N3O3S. The van der Waals surface area contributed by atoms with Crippen LogP contribution in [0.25, 0.3) is 10.2 Å². The molecule has 150 valence electrons. The number of anilines is 1. The number of thiazole rings is 1. The lowest BCUT2D eigenvalue weighted by Crippen LogP contribution is -2.54. The first-order chi connectivity index (χ1) is 14.1. The molecule has 7 heteroatoms. The Balaban J connectivity index is 1.26. The highest BCUT2D eigenvalue weighted by molar-refractivity contribution is 7.22. The fraction of sp³-hybridized carbons (Fsp3) is 0.364. The summed E-state index contributed by atoms with van der Waals surface area (Å²) in [5.41, 5.74) is 3.56. The second-order valence-electron chi connectivity index (χ2n) is 7.55. The number of amides is 1. The number of carbonyl (C=O) groups is 1. The highest BCUT2D eigenvalue weighted by Crippen LogP contribution is 2.34. The van der Waals surface area contributed by atoms with Crippen molar-refractivity contribution in [2.75, 3.05) is 37.7 Å². The second kappa shape index (κ2) is 7.22. The summed E-state index contributed by atoms with van der Waals surface area (Å²) in [7, 11) is 0. The summed E-state index contributed by atoms with van der Waals surface area (Å²) in [6, 6.07) is 11.8. The lowest BCUT2D eigenvalue weighted by Gasteiger charge is -2.37. The van der Waals surface area contributed by atoms with Crippen LogP contribution in [-0.4, -0.2) is 54.7 Å². The van der Waals surface area contributed by atoms with Gasteiger partial charge in [0.05, 0.1) is 10.2 Å². The van der Waals surface area contributed by atoms with E-state index in [-0.39, 0.29) is 12.5 Å². The largest absolute Gasteiger partial charge is 0.485 e. The van der Waals surface area contributed by atoms with Crippen LogP contribution in [-0.2, 0) is 4.79 Å². The van der Waals surface area contributed by atoms with Crippen LogP contribution in [0, 0.1) is 13.8 Å². The minimum Gasteiger partial charge on any atom is -0.485 e. The molecule has 0 bridgehead atoms. The van der Waals surface area contributed by atoms with Gasteiger partial charge in [-0.05, 0) is 37.1 Å². The van der Waals surface area contributed by atoms with E-state index in [2.05, 4.69) is 30.9 Å². The number of carbonyl (C=O) groups excluding carboxylic acids is 1. The first-order valence-corrected chi connectivity index (χ1v) is 10.7. The van der Waals surface area contributed by atoms with Gasteiger partial charge in [-0.1, -0.05) is 35.6 Å². The smallest absolute Gasteiger partial charge is 0.267 e. The first-order valence-electron chi connectivity index (χ1n) is 9.89. The van der Waals surface area contributed by atoms with Gasteiger partial charge in [-0.3, -0.25) is 4.79 Å². The van der Waals surface area contributed by atoms with Crippen LogP contribution in [0.3, 0.4) is 0 Å². The van der Waals surface area contributed by atoms with E-state index in [4.69, 9.17) is 14.5 Å². The molecule has 3 aromatic rings. The second-order valence-corrected chi connectivity index (χ2v) is 8.53. The highest BCUT2D eigenvalue weighted by atomic mass is 32.1. The summed E-state index contributed by atoms with van der Waals surface area (Å²) >= 11 is 1.74. The zero-order valence-corrected chi connectivity index (χ0v) is 17.4. The molecule has 5 rings (SSSR count). The summed E-state index contributed by atoms with van der Waals surface area (Å²) < 4.78 is 12.8. The fourth-order valence-corrected chi connectivity index (χ4v) is 5.01. The van der Waals surface area contributed by atoms with Crippen LogP contribution in [0.15, 0.2) is 36.4 Å². The number of benzene rings is 2. The van der Waals surface area contributed by atoms with Gasteiger partial charge in [0.2, 0.25) is 6.10 Å². The van der Waals surface area contributed by atoms with Gasteiger partial charge in [-0.2, -0.15) is 0 Å². The van der Waals surface area contributed by atoms with Crippen LogP contribution in [0.4, 0.5) is 5.13 Å². The lowest BCUT2D eigenvalue weighted by atomic mass is 10.1. The number of ether oxygens (including phenoxy) is 2. The number of rotatable bonds is 2. The van der Waals surface area contributed by atoms with Crippen molar-refractivity contribution < 1.29 is 14.3 Å². The number of para-hydroxylation sites is 2. The number of hydrogen-bond acceptors (Lipinski definition) is 6. The van der Waals surface area contributed by atoms with Crippen molar-refractivity contribution in [1.82, 2.24) is 9.88 Å². The standard InChI is InChI=1S/C22H23N3O3S/c1-14-7-8-15(2)20-19(14)23-22(29-20)25-11-9-24(10-12-25)21(26)18-13-27-16-5-3-4-6-17(16)28-18/h3-8,18H,9-13H2,1-2H3. The van der Waals surface area contributed by atoms with Gasteiger partial charge in [0.15, 0.2) is 16.6 Å². The van der Waals surface area contributed by atoms with E-state index in [1.165, 1.54) is 15.8 Å². The molecule has 29 heavy (non-hydrogen) atoms. The predicted octanol–water partition coefficient (Wildman–Crippen LogP) is 3.40. The number of piperazine rings is 1. The molecule has 1 aromatic heterocycles. The Morgan fingerprint density at radius 2 is 1.76 bits per heavy atom. The molecule has 0 aliphatic carbocycles. The zero-order chi connectivity index (χ0) is 20.0. The van der Waals surface area contributed by atoms with E-state index in [9.17, 15) is 4.79 Å². The molecule has 0 radical (unpaired) electrons. The molecule has 1 amide bonds. The normalized spacial score (nSPS) is 18.9. The molecule has 1 atom stereocenters. The minimum absolute atomic E-state index is 0.00450. The Morgan fingerprint density at radius 1 is 1.03 bits per heavy atom. The molecule has 2 aliphatic heterocycles. The molecule has 0 N–H and O–H groups in total. The quantitative estimate of drug-likeness (QED) is 0.649. The monoisotopic (exact) mass is 409 g/mol. The number of hydrogen-bond donors (Lipinski definition) is 0. The molecule has 1 saturated heterocycles. The Kier molecular flexibility index (Phi) is 4.54. The van der Waals surface area contributed by atoms with Crippen LogP contribution >= 0.6 is 11.3 Å². The van der Waals surface area contributed by atoms with Crippen molar-refractivity contribution in [3.05, 3.63) is 47.5 Å². The van der Waals surface area contributed by atoms with E-state index < -0.39 is 6.10 Å². The SMILES string of the molecule is Cc1ccc(C)c2sc(N3CCN(C(=O)C4COc5ccccc5O4)CC3)nc12. The predicted molar refractivity (Wildman–Crippen MR) is 114 cm³/mol. The van der Waals surface area contributed by atoms with E-state index >= 15 is 0 Å². The third-order valence-electron chi connectivity index (χ3n) is 5.58. The topological polar surface area (TPSA) is 54.9 Å². The summed E-state index contributed by atoms with van der Waals surface area (Å²) in [4.78, 5) is 22.0. The average Bonchev–Trinajstić information content (AvgIpc) is 3.23. The van der Waals surface area contributed by atoms with Gasteiger partial charge in [-0.25, -0.2) is 4.98 Å². The van der Waals surface area contributed by atoms with Crippen molar-refractivity contribution in [3.8, 4) is 11.5 Å². The van der Waals surface area contributed by atoms with Gasteiger partial charge in [0, 0.05) is 26.2 Å². The van der Waals surface area contributed by atoms with E-state index in [0.717, 1.165) is 23.7 Å². The Bertz CT molecular complexity index is 1030. The van der Waals surface area contributed by atoms with Crippen molar-refractivity contribution in [1.29, 1.82) is 0 Å². The Labute approximate surface area is 173 Å². The van der Waals surface area contributed by atoms with Gasteiger partial charge >= 0.3 is 0 Å². The van der Waals surface area contributed by atoms with Gasteiger partial charge in [0.25, 0.3) is 5.91 Å². The molecule has 2 aromatic carbocycles. The maximum absolute atomic E-state index is 12.9. The summed E-state index contributed by atoms with van der Waals surface area (Å²) in [5.74, 6) is 1.33. The number of fused-ring (bicyclic) bond motifs is 2. The molecule has 1 fully saturated rings. The first kappa shape index (κ1) is 18.2. The third kappa shape index (κ3) is 3.29. The van der Waals surface area contributed by atoms with Crippen LogP contribution < -0.4 is 14.4 Å². The number of nitrogens with zero attached hydrogens (tertiary/aromatic N) is 3. The maximum atomic E-state index is 12.9. The van der Waals surface area contributed by atoms with Crippen LogP contribution in [0.5, 0.6) is 11.5 Å². The Morgan fingerprint density at radius 3 is 2.52 bits per heavy atom. The average molecular weight is 410 g/mol. The van der Waals surface area contributed by atoms with E-state index in [1.54, 1.807) is 11.3 Å². The number of aryl methyl sites for hydroxylation is 2. The zero-order valence-electron chi connectivity index (χ0n) is 16.6. The van der Waals surface area contributed by atoms with Crippen LogP contribution in [0.1, 0.15) is 11.1 Å². The van der Waals surface area contributed by atoms with Gasteiger partial charge in [0.1, 0.15) is 6.61 Å². The van der Waals surface area contributed by atoms with Gasteiger partial charge < -0.3 is 19.3 Å². The maximum Gasteiger partial charge on any atom is 0.267 e. The van der Waals surface area contributed by atoms with E-state index in [0.29, 0.717) is 24.6 Å².